The number of hydrogen-bond donors (Lipinski definition) is 0. The molecule has 2 aromatic carbocycles. The van der Waals surface area contributed by atoms with Gasteiger partial charge in [-0.2, -0.15) is 0 Å². The lowest BCUT2D eigenvalue weighted by molar-refractivity contribution is 0.0953. The highest BCUT2D eigenvalue weighted by Gasteiger charge is 2.60. The molecule has 0 radical (unpaired) electrons. The summed E-state index contributed by atoms with van der Waals surface area (Å²) in [6.45, 7) is 2.06. The smallest absolute Gasteiger partial charge is 0.194 e. The quantitative estimate of drug-likeness (QED) is 0.615. The number of ether oxygens (including phenoxy) is 1. The van der Waals surface area contributed by atoms with Gasteiger partial charge in [0.15, 0.2) is 11.9 Å². The van der Waals surface area contributed by atoms with E-state index in [1.807, 2.05) is 60.7 Å². The van der Waals surface area contributed by atoms with Gasteiger partial charge in [0.25, 0.3) is 0 Å². The first-order valence-corrected chi connectivity index (χ1v) is 6.60. The van der Waals surface area contributed by atoms with Crippen molar-refractivity contribution in [1.29, 1.82) is 0 Å². The third-order valence-electron chi connectivity index (χ3n) is 3.78. The molecular formula is C17H16O2. The fourth-order valence-electron chi connectivity index (χ4n) is 2.61. The minimum atomic E-state index is -0.422. The molecule has 1 heterocycles. The van der Waals surface area contributed by atoms with Gasteiger partial charge < -0.3 is 4.74 Å². The number of Topliss-reactive ketones (excluding diaryl/α,β-unsaturated/α-hetero) is 1. The van der Waals surface area contributed by atoms with E-state index >= 15 is 0 Å². The second-order valence-electron chi connectivity index (χ2n) is 4.84. The van der Waals surface area contributed by atoms with Crippen LogP contribution in [0.4, 0.5) is 0 Å². The molecule has 2 nitrogen and oxygen atoms in total. The molecule has 2 atom stereocenters. The first-order valence-electron chi connectivity index (χ1n) is 6.60. The van der Waals surface area contributed by atoms with Crippen molar-refractivity contribution in [2.75, 3.05) is 0 Å². The fourth-order valence-corrected chi connectivity index (χ4v) is 2.61. The minimum absolute atomic E-state index is 0.0753. The summed E-state index contributed by atoms with van der Waals surface area (Å²) in [6, 6.07) is 19.4. The number of ketones is 1. The molecule has 0 bridgehead atoms. The van der Waals surface area contributed by atoms with Crippen LogP contribution >= 0.6 is 0 Å². The summed E-state index contributed by atoms with van der Waals surface area (Å²) in [5.74, 6) is 0.0753. The normalized spacial score (nSPS) is 25.0. The van der Waals surface area contributed by atoms with Crippen LogP contribution in [0.25, 0.3) is 0 Å². The Kier molecular flexibility index (Phi) is 2.96. The molecule has 1 fully saturated rings. The summed E-state index contributed by atoms with van der Waals surface area (Å²) in [5.41, 5.74) is 1.39. The SMILES string of the molecule is CCC1(c2ccccc2)OC1C(=O)c1ccccc1. The summed E-state index contributed by atoms with van der Waals surface area (Å²) in [5, 5.41) is 0. The van der Waals surface area contributed by atoms with E-state index in [2.05, 4.69) is 6.92 Å². The van der Waals surface area contributed by atoms with Crippen molar-refractivity contribution in [3.8, 4) is 0 Å². The highest BCUT2D eigenvalue weighted by Crippen LogP contribution is 2.50. The summed E-state index contributed by atoms with van der Waals surface area (Å²) in [7, 11) is 0. The molecular weight excluding hydrogens is 236 g/mol. The van der Waals surface area contributed by atoms with Gasteiger partial charge in [0, 0.05) is 5.56 Å². The summed E-state index contributed by atoms with van der Waals surface area (Å²) >= 11 is 0. The summed E-state index contributed by atoms with van der Waals surface area (Å²) in [4.78, 5) is 12.4. The standard InChI is InChI=1S/C17H16O2/c1-2-17(14-11-7-4-8-12-14)16(19-17)15(18)13-9-5-3-6-10-13/h3-12,16H,2H2,1H3. The topological polar surface area (TPSA) is 29.6 Å². The van der Waals surface area contributed by atoms with E-state index in [-0.39, 0.29) is 11.9 Å². The lowest BCUT2D eigenvalue weighted by atomic mass is 9.89. The number of carbonyl (C=O) groups is 1. The zero-order chi connectivity index (χ0) is 13.3. The van der Waals surface area contributed by atoms with Gasteiger partial charge in [-0.1, -0.05) is 67.6 Å². The predicted octanol–water partition coefficient (Wildman–Crippen LogP) is 3.57. The summed E-state index contributed by atoms with van der Waals surface area (Å²) in [6.07, 6.45) is 0.461. The van der Waals surface area contributed by atoms with Gasteiger partial charge in [-0.15, -0.1) is 0 Å². The molecule has 2 unspecified atom stereocenters. The van der Waals surface area contributed by atoms with Crippen molar-refractivity contribution in [2.24, 2.45) is 0 Å². The van der Waals surface area contributed by atoms with Crippen molar-refractivity contribution >= 4 is 5.78 Å². The third-order valence-corrected chi connectivity index (χ3v) is 3.78. The number of rotatable bonds is 4. The van der Waals surface area contributed by atoms with E-state index in [1.54, 1.807) is 0 Å². The number of benzene rings is 2. The molecule has 2 aromatic rings. The maximum Gasteiger partial charge on any atom is 0.194 e. The van der Waals surface area contributed by atoms with E-state index in [4.69, 9.17) is 4.74 Å². The van der Waals surface area contributed by atoms with E-state index < -0.39 is 5.60 Å². The number of epoxide rings is 1. The Hall–Kier alpha value is -1.93. The molecule has 0 aliphatic carbocycles. The van der Waals surface area contributed by atoms with Crippen molar-refractivity contribution in [1.82, 2.24) is 0 Å². The molecule has 0 N–H and O–H groups in total. The molecule has 1 aliphatic heterocycles. The molecule has 0 amide bonds. The van der Waals surface area contributed by atoms with E-state index in [9.17, 15) is 4.79 Å². The largest absolute Gasteiger partial charge is 0.352 e. The first-order chi connectivity index (χ1) is 9.28. The maximum atomic E-state index is 12.4. The van der Waals surface area contributed by atoms with Gasteiger partial charge in [0.2, 0.25) is 0 Å². The lowest BCUT2D eigenvalue weighted by Gasteiger charge is -2.10. The minimum Gasteiger partial charge on any atom is -0.352 e. The van der Waals surface area contributed by atoms with Crippen LogP contribution in [0.5, 0.6) is 0 Å². The Labute approximate surface area is 113 Å². The number of carbonyl (C=O) groups excluding carboxylic acids is 1. The van der Waals surface area contributed by atoms with E-state index in [0.717, 1.165) is 17.5 Å². The lowest BCUT2D eigenvalue weighted by Crippen LogP contribution is -2.18. The summed E-state index contributed by atoms with van der Waals surface area (Å²) < 4.78 is 5.81. The van der Waals surface area contributed by atoms with Crippen LogP contribution in [0, 0.1) is 0 Å². The molecule has 2 heteroatoms. The van der Waals surface area contributed by atoms with Gasteiger partial charge >= 0.3 is 0 Å². The van der Waals surface area contributed by atoms with E-state index in [0.29, 0.717) is 0 Å². The van der Waals surface area contributed by atoms with Gasteiger partial charge in [-0.3, -0.25) is 4.79 Å². The molecule has 0 spiro atoms. The Balaban J connectivity index is 1.88. The molecule has 0 aromatic heterocycles. The third kappa shape index (κ3) is 1.98. The molecule has 1 aliphatic rings. The Bertz CT molecular complexity index is 577. The van der Waals surface area contributed by atoms with Crippen LogP contribution < -0.4 is 0 Å². The molecule has 96 valence electrons. The van der Waals surface area contributed by atoms with Crippen LogP contribution in [-0.2, 0) is 10.3 Å². The second kappa shape index (κ2) is 4.63. The maximum absolute atomic E-state index is 12.4. The van der Waals surface area contributed by atoms with Crippen molar-refractivity contribution in [3.05, 3.63) is 71.8 Å². The fraction of sp³-hybridized carbons (Fsp3) is 0.235. The van der Waals surface area contributed by atoms with Gasteiger partial charge in [0.05, 0.1) is 0 Å². The zero-order valence-corrected chi connectivity index (χ0v) is 10.9. The Morgan fingerprint density at radius 3 is 2.21 bits per heavy atom. The molecule has 0 saturated carbocycles. The zero-order valence-electron chi connectivity index (χ0n) is 10.9. The van der Waals surface area contributed by atoms with Gasteiger partial charge in [0.1, 0.15) is 5.60 Å². The first kappa shape index (κ1) is 12.1. The van der Waals surface area contributed by atoms with Crippen LogP contribution in [0.3, 0.4) is 0 Å². The molecule has 19 heavy (non-hydrogen) atoms. The van der Waals surface area contributed by atoms with Gasteiger partial charge in [-0.05, 0) is 12.0 Å². The molecule has 1 saturated heterocycles. The average molecular weight is 252 g/mol. The predicted molar refractivity (Wildman–Crippen MR) is 74.1 cm³/mol. The number of hydrogen-bond acceptors (Lipinski definition) is 2. The highest BCUT2D eigenvalue weighted by molar-refractivity contribution is 6.02. The monoisotopic (exact) mass is 252 g/mol. The Morgan fingerprint density at radius 1 is 1.05 bits per heavy atom. The van der Waals surface area contributed by atoms with Crippen LogP contribution in [0.1, 0.15) is 29.3 Å². The van der Waals surface area contributed by atoms with Crippen molar-refractivity contribution in [3.63, 3.8) is 0 Å². The van der Waals surface area contributed by atoms with Crippen LogP contribution in [0.15, 0.2) is 60.7 Å². The van der Waals surface area contributed by atoms with Gasteiger partial charge in [-0.25, -0.2) is 0 Å². The average Bonchev–Trinajstić information content (AvgIpc) is 3.24. The molecule has 3 rings (SSSR count). The van der Waals surface area contributed by atoms with E-state index in [1.165, 1.54) is 0 Å². The highest BCUT2D eigenvalue weighted by atomic mass is 16.6. The van der Waals surface area contributed by atoms with Crippen LogP contribution in [-0.4, -0.2) is 11.9 Å². The van der Waals surface area contributed by atoms with Crippen molar-refractivity contribution < 1.29 is 9.53 Å². The van der Waals surface area contributed by atoms with Crippen molar-refractivity contribution in [2.45, 2.75) is 25.0 Å². The second-order valence-corrected chi connectivity index (χ2v) is 4.84. The van der Waals surface area contributed by atoms with Crippen LogP contribution in [0.2, 0.25) is 0 Å². The Morgan fingerprint density at radius 2 is 1.63 bits per heavy atom.